The molecule has 120 valence electrons. The zero-order valence-corrected chi connectivity index (χ0v) is 13.8. The van der Waals surface area contributed by atoms with Crippen molar-refractivity contribution in [2.24, 2.45) is 0 Å². The summed E-state index contributed by atoms with van der Waals surface area (Å²) in [6.45, 7) is 0.620. The lowest BCUT2D eigenvalue weighted by Crippen LogP contribution is -2.42. The smallest absolute Gasteiger partial charge is 0.251 e. The summed E-state index contributed by atoms with van der Waals surface area (Å²) < 4.78 is 0. The van der Waals surface area contributed by atoms with Gasteiger partial charge in [0.15, 0.2) is 11.3 Å². The number of anilines is 1. The van der Waals surface area contributed by atoms with Gasteiger partial charge in [-0.2, -0.15) is 10.5 Å². The number of carbonyl (C=O) groups excluding carboxylic acids is 1. The Labute approximate surface area is 143 Å². The monoisotopic (exact) mass is 338 g/mol. The van der Waals surface area contributed by atoms with Crippen molar-refractivity contribution >= 4 is 22.4 Å². The Morgan fingerprint density at radius 1 is 1.46 bits per heavy atom. The van der Waals surface area contributed by atoms with Gasteiger partial charge in [-0.15, -0.1) is 11.3 Å². The van der Waals surface area contributed by atoms with Gasteiger partial charge in [0.1, 0.15) is 11.7 Å². The van der Waals surface area contributed by atoms with Crippen LogP contribution >= 0.6 is 11.3 Å². The van der Waals surface area contributed by atoms with Crippen LogP contribution in [0.3, 0.4) is 0 Å². The summed E-state index contributed by atoms with van der Waals surface area (Å²) in [5.74, 6) is -0.131. The van der Waals surface area contributed by atoms with Gasteiger partial charge in [-0.1, -0.05) is 0 Å². The van der Waals surface area contributed by atoms with Crippen molar-refractivity contribution in [1.29, 1.82) is 10.5 Å². The quantitative estimate of drug-likeness (QED) is 0.794. The normalized spacial score (nSPS) is 16.5. The number of nitriles is 2. The SMILES string of the molecule is CN(C(=O)C1CCCN1C#N)c1nc(-c2cc(C#N)ccn2)cs1. The number of nitrogens with zero attached hydrogens (tertiary/aromatic N) is 6. The maximum Gasteiger partial charge on any atom is 0.251 e. The highest BCUT2D eigenvalue weighted by atomic mass is 32.1. The van der Waals surface area contributed by atoms with E-state index in [2.05, 4.69) is 22.2 Å². The van der Waals surface area contributed by atoms with E-state index in [9.17, 15) is 4.79 Å². The predicted octanol–water partition coefficient (Wildman–Crippen LogP) is 1.99. The van der Waals surface area contributed by atoms with Gasteiger partial charge in [-0.25, -0.2) is 4.98 Å². The molecule has 0 bridgehead atoms. The third-order valence-electron chi connectivity index (χ3n) is 3.93. The third-order valence-corrected chi connectivity index (χ3v) is 4.84. The maximum absolute atomic E-state index is 12.6. The molecule has 24 heavy (non-hydrogen) atoms. The fourth-order valence-corrected chi connectivity index (χ4v) is 3.43. The number of hydrogen-bond acceptors (Lipinski definition) is 7. The van der Waals surface area contributed by atoms with E-state index >= 15 is 0 Å². The highest BCUT2D eigenvalue weighted by molar-refractivity contribution is 7.14. The van der Waals surface area contributed by atoms with E-state index in [0.717, 1.165) is 6.42 Å². The molecule has 1 saturated heterocycles. The summed E-state index contributed by atoms with van der Waals surface area (Å²) in [5, 5.41) is 20.4. The summed E-state index contributed by atoms with van der Waals surface area (Å²) in [6.07, 6.45) is 5.15. The number of carbonyl (C=O) groups is 1. The lowest BCUT2D eigenvalue weighted by atomic mass is 10.2. The van der Waals surface area contributed by atoms with Gasteiger partial charge in [0, 0.05) is 25.2 Å². The molecular formula is C16H14N6OS. The van der Waals surface area contributed by atoms with E-state index in [1.165, 1.54) is 21.1 Å². The van der Waals surface area contributed by atoms with E-state index in [1.807, 2.05) is 0 Å². The summed E-state index contributed by atoms with van der Waals surface area (Å²) in [6, 6.07) is 4.95. The highest BCUT2D eigenvalue weighted by Crippen LogP contribution is 2.28. The van der Waals surface area contributed by atoms with E-state index in [4.69, 9.17) is 10.5 Å². The Morgan fingerprint density at radius 3 is 3.04 bits per heavy atom. The lowest BCUT2D eigenvalue weighted by molar-refractivity contribution is -0.121. The van der Waals surface area contributed by atoms with E-state index in [1.54, 1.807) is 30.8 Å². The Hall–Kier alpha value is -2.97. The Balaban J connectivity index is 1.81. The topological polar surface area (TPSA) is 96.9 Å². The first kappa shape index (κ1) is 15.9. The summed E-state index contributed by atoms with van der Waals surface area (Å²) in [7, 11) is 1.66. The van der Waals surface area contributed by atoms with Crippen molar-refractivity contribution in [3.05, 3.63) is 29.3 Å². The number of pyridine rings is 1. The fourth-order valence-electron chi connectivity index (χ4n) is 2.64. The minimum absolute atomic E-state index is 0.131. The van der Waals surface area contributed by atoms with Crippen LogP contribution in [0.2, 0.25) is 0 Å². The molecule has 0 aromatic carbocycles. The molecule has 0 saturated carbocycles. The molecular weight excluding hydrogens is 324 g/mol. The molecule has 1 aliphatic rings. The molecule has 1 atom stereocenters. The van der Waals surface area contributed by atoms with E-state index in [0.29, 0.717) is 35.0 Å². The van der Waals surface area contributed by atoms with E-state index < -0.39 is 6.04 Å². The molecule has 0 N–H and O–H groups in total. The summed E-state index contributed by atoms with van der Waals surface area (Å²) in [5.41, 5.74) is 1.72. The van der Waals surface area contributed by atoms with Crippen LogP contribution in [0.4, 0.5) is 5.13 Å². The lowest BCUT2D eigenvalue weighted by Gasteiger charge is -2.22. The molecule has 1 fully saturated rings. The molecule has 0 aliphatic carbocycles. The minimum atomic E-state index is -0.410. The molecule has 3 heterocycles. The average molecular weight is 338 g/mol. The number of likely N-dealkylation sites (tertiary alicyclic amines) is 1. The second-order valence-electron chi connectivity index (χ2n) is 5.41. The van der Waals surface area contributed by atoms with Gasteiger partial charge in [0.05, 0.1) is 17.3 Å². The largest absolute Gasteiger partial charge is 0.298 e. The number of thiazole rings is 1. The van der Waals surface area contributed by atoms with Gasteiger partial charge in [-0.3, -0.25) is 19.6 Å². The summed E-state index contributed by atoms with van der Waals surface area (Å²) >= 11 is 1.33. The van der Waals surface area contributed by atoms with Crippen molar-refractivity contribution in [2.75, 3.05) is 18.5 Å². The van der Waals surface area contributed by atoms with Crippen molar-refractivity contribution in [3.63, 3.8) is 0 Å². The molecule has 3 rings (SSSR count). The Kier molecular flexibility index (Phi) is 4.41. The fraction of sp³-hybridized carbons (Fsp3) is 0.312. The number of hydrogen-bond donors (Lipinski definition) is 0. The van der Waals surface area contributed by atoms with Crippen molar-refractivity contribution < 1.29 is 4.79 Å². The van der Waals surface area contributed by atoms with Gasteiger partial charge in [0.25, 0.3) is 5.91 Å². The molecule has 0 spiro atoms. The Morgan fingerprint density at radius 2 is 2.29 bits per heavy atom. The van der Waals surface area contributed by atoms with Gasteiger partial charge < -0.3 is 0 Å². The second kappa shape index (κ2) is 6.65. The van der Waals surface area contributed by atoms with Crippen molar-refractivity contribution in [1.82, 2.24) is 14.9 Å². The zero-order chi connectivity index (χ0) is 17.1. The molecule has 1 unspecified atom stereocenters. The highest BCUT2D eigenvalue weighted by Gasteiger charge is 2.33. The van der Waals surface area contributed by atoms with Crippen LogP contribution < -0.4 is 4.90 Å². The molecule has 2 aromatic rings. The minimum Gasteiger partial charge on any atom is -0.298 e. The van der Waals surface area contributed by atoms with Crippen LogP contribution in [-0.2, 0) is 4.79 Å². The maximum atomic E-state index is 12.6. The van der Waals surface area contributed by atoms with Crippen LogP contribution in [0.25, 0.3) is 11.4 Å². The first-order chi connectivity index (χ1) is 11.6. The number of likely N-dealkylation sites (N-methyl/N-ethyl adjacent to an activating group) is 1. The van der Waals surface area contributed by atoms with E-state index in [-0.39, 0.29) is 5.91 Å². The first-order valence-corrected chi connectivity index (χ1v) is 8.28. The molecule has 2 aromatic heterocycles. The van der Waals surface area contributed by atoms with Gasteiger partial charge in [0.2, 0.25) is 0 Å². The number of aromatic nitrogens is 2. The van der Waals surface area contributed by atoms with Gasteiger partial charge in [-0.05, 0) is 25.0 Å². The van der Waals surface area contributed by atoms with Crippen LogP contribution in [0.5, 0.6) is 0 Å². The van der Waals surface area contributed by atoms with Gasteiger partial charge >= 0.3 is 0 Å². The van der Waals surface area contributed by atoms with Crippen LogP contribution in [0.1, 0.15) is 18.4 Å². The molecule has 7 nitrogen and oxygen atoms in total. The standard InChI is InChI=1S/C16H14N6OS/c1-21(15(23)14-3-2-6-22(14)10-18)16-20-13(9-24-16)12-7-11(8-17)4-5-19-12/h4-5,7,9,14H,2-3,6H2,1H3. The molecule has 8 heteroatoms. The van der Waals surface area contributed by atoms with Crippen molar-refractivity contribution in [2.45, 2.75) is 18.9 Å². The first-order valence-electron chi connectivity index (χ1n) is 7.40. The van der Waals surface area contributed by atoms with Crippen LogP contribution in [-0.4, -0.2) is 40.4 Å². The predicted molar refractivity (Wildman–Crippen MR) is 88.8 cm³/mol. The Bertz CT molecular complexity index is 849. The number of amides is 1. The molecule has 1 amide bonds. The second-order valence-corrected chi connectivity index (χ2v) is 6.24. The van der Waals surface area contributed by atoms with Crippen LogP contribution in [0, 0.1) is 22.8 Å². The molecule has 0 radical (unpaired) electrons. The zero-order valence-electron chi connectivity index (χ0n) is 13.0. The third kappa shape index (κ3) is 2.92. The summed E-state index contributed by atoms with van der Waals surface area (Å²) in [4.78, 5) is 24.3. The number of rotatable bonds is 3. The molecule has 1 aliphatic heterocycles. The van der Waals surface area contributed by atoms with Crippen molar-refractivity contribution in [3.8, 4) is 23.7 Å². The van der Waals surface area contributed by atoms with Crippen LogP contribution in [0.15, 0.2) is 23.7 Å². The average Bonchev–Trinajstić information content (AvgIpc) is 3.29.